The summed E-state index contributed by atoms with van der Waals surface area (Å²) in [6.45, 7) is 1.14. The van der Waals surface area contributed by atoms with Crippen LogP contribution in [0.5, 0.6) is 11.5 Å². The van der Waals surface area contributed by atoms with Crippen molar-refractivity contribution in [3.8, 4) is 11.5 Å². The van der Waals surface area contributed by atoms with E-state index in [4.69, 9.17) is 25.6 Å². The average molecular weight is 351 g/mol. The zero-order valence-corrected chi connectivity index (χ0v) is 14.1. The molecular formula is C17H19ClN2O4. The van der Waals surface area contributed by atoms with Crippen LogP contribution in [0.15, 0.2) is 28.8 Å². The van der Waals surface area contributed by atoms with E-state index in [-0.39, 0.29) is 11.8 Å². The molecule has 7 heteroatoms. The van der Waals surface area contributed by atoms with Gasteiger partial charge in [-0.2, -0.15) is 0 Å². The van der Waals surface area contributed by atoms with Gasteiger partial charge in [-0.3, -0.25) is 4.79 Å². The summed E-state index contributed by atoms with van der Waals surface area (Å²) in [5, 5.41) is 6.83. The lowest BCUT2D eigenvalue weighted by Gasteiger charge is -2.26. The molecule has 0 spiro atoms. The fourth-order valence-corrected chi connectivity index (χ4v) is 2.89. The van der Waals surface area contributed by atoms with E-state index < -0.39 is 0 Å². The molecule has 1 N–H and O–H groups in total. The van der Waals surface area contributed by atoms with E-state index in [1.54, 1.807) is 13.2 Å². The summed E-state index contributed by atoms with van der Waals surface area (Å²) in [6.07, 6.45) is 1.67. The molecule has 1 aromatic carbocycles. The van der Waals surface area contributed by atoms with Crippen molar-refractivity contribution in [2.75, 3.05) is 20.3 Å². The first-order chi connectivity index (χ1) is 11.7. The van der Waals surface area contributed by atoms with Gasteiger partial charge < -0.3 is 19.3 Å². The summed E-state index contributed by atoms with van der Waals surface area (Å²) >= 11 is 5.67. The number of aromatic nitrogens is 1. The van der Waals surface area contributed by atoms with Crippen LogP contribution < -0.4 is 14.8 Å². The quantitative estimate of drug-likeness (QED) is 0.867. The van der Waals surface area contributed by atoms with Crippen LogP contribution in [0.1, 0.15) is 17.7 Å². The number of carbonyl (C=O) groups is 1. The summed E-state index contributed by atoms with van der Waals surface area (Å²) in [4.78, 5) is 11.9. The predicted octanol–water partition coefficient (Wildman–Crippen LogP) is 2.64. The molecule has 0 aliphatic carbocycles. The van der Waals surface area contributed by atoms with Gasteiger partial charge in [-0.25, -0.2) is 0 Å². The van der Waals surface area contributed by atoms with Crippen LogP contribution in [0.25, 0.3) is 0 Å². The third-order valence-corrected chi connectivity index (χ3v) is 4.15. The Balaban J connectivity index is 1.46. The van der Waals surface area contributed by atoms with E-state index in [9.17, 15) is 4.79 Å². The summed E-state index contributed by atoms with van der Waals surface area (Å²) < 4.78 is 16.1. The highest BCUT2D eigenvalue weighted by molar-refractivity contribution is 6.29. The molecule has 1 aromatic heterocycles. The molecule has 24 heavy (non-hydrogen) atoms. The molecule has 0 radical (unpaired) electrons. The number of para-hydroxylation sites is 1. The summed E-state index contributed by atoms with van der Waals surface area (Å²) in [7, 11) is 1.63. The number of nitrogens with one attached hydrogen (secondary N) is 1. The van der Waals surface area contributed by atoms with Crippen molar-refractivity contribution in [2.45, 2.75) is 19.3 Å². The highest BCUT2D eigenvalue weighted by Gasteiger charge is 2.23. The van der Waals surface area contributed by atoms with Gasteiger partial charge in [-0.15, -0.1) is 0 Å². The second kappa shape index (κ2) is 7.57. The SMILES string of the molecule is COc1cccc2c1OCC(CNC(=O)CCc1cc(Cl)no1)C2. The van der Waals surface area contributed by atoms with Gasteiger partial charge in [0.2, 0.25) is 5.91 Å². The molecule has 3 rings (SSSR count). The number of carbonyl (C=O) groups excluding carboxylic acids is 1. The maximum Gasteiger partial charge on any atom is 0.220 e. The lowest BCUT2D eigenvalue weighted by Crippen LogP contribution is -2.35. The third kappa shape index (κ3) is 4.00. The number of hydrogen-bond donors (Lipinski definition) is 1. The van der Waals surface area contributed by atoms with Crippen LogP contribution in [-0.2, 0) is 17.6 Å². The molecule has 0 saturated carbocycles. The maximum atomic E-state index is 11.9. The van der Waals surface area contributed by atoms with Gasteiger partial charge in [0.05, 0.1) is 13.7 Å². The van der Waals surface area contributed by atoms with Crippen LogP contribution >= 0.6 is 11.6 Å². The zero-order valence-electron chi connectivity index (χ0n) is 13.4. The van der Waals surface area contributed by atoms with E-state index in [0.717, 1.165) is 23.5 Å². The minimum Gasteiger partial charge on any atom is -0.493 e. The molecule has 6 nitrogen and oxygen atoms in total. The smallest absolute Gasteiger partial charge is 0.220 e. The van der Waals surface area contributed by atoms with Gasteiger partial charge in [0, 0.05) is 31.4 Å². The second-order valence-corrected chi connectivity index (χ2v) is 6.14. The third-order valence-electron chi connectivity index (χ3n) is 3.97. The summed E-state index contributed by atoms with van der Waals surface area (Å²) in [5.41, 5.74) is 1.11. The monoisotopic (exact) mass is 350 g/mol. The topological polar surface area (TPSA) is 73.6 Å². The van der Waals surface area contributed by atoms with Crippen LogP contribution in [0, 0.1) is 5.92 Å². The minimum atomic E-state index is -0.0287. The molecule has 1 unspecified atom stereocenters. The Kier molecular flexibility index (Phi) is 5.25. The Morgan fingerprint density at radius 2 is 2.38 bits per heavy atom. The van der Waals surface area contributed by atoms with Crippen molar-refractivity contribution in [3.05, 3.63) is 40.7 Å². The number of amides is 1. The van der Waals surface area contributed by atoms with Gasteiger partial charge in [0.1, 0.15) is 5.76 Å². The Morgan fingerprint density at radius 1 is 1.50 bits per heavy atom. The molecule has 1 amide bonds. The molecule has 1 atom stereocenters. The van der Waals surface area contributed by atoms with Gasteiger partial charge in [0.25, 0.3) is 0 Å². The Morgan fingerprint density at radius 3 is 3.12 bits per heavy atom. The number of halogens is 1. The molecule has 2 heterocycles. The van der Waals surface area contributed by atoms with E-state index in [2.05, 4.69) is 10.5 Å². The average Bonchev–Trinajstić information content (AvgIpc) is 3.02. The Labute approximate surface area is 145 Å². The number of nitrogens with zero attached hydrogens (tertiary/aromatic N) is 1. The number of aryl methyl sites for hydroxylation is 1. The largest absolute Gasteiger partial charge is 0.493 e. The Hall–Kier alpha value is -2.21. The van der Waals surface area contributed by atoms with E-state index in [0.29, 0.717) is 36.9 Å². The van der Waals surface area contributed by atoms with Gasteiger partial charge in [-0.1, -0.05) is 28.9 Å². The van der Waals surface area contributed by atoms with Crippen molar-refractivity contribution in [2.24, 2.45) is 5.92 Å². The number of hydrogen-bond acceptors (Lipinski definition) is 5. The summed E-state index contributed by atoms with van der Waals surface area (Å²) in [5.74, 6) is 2.38. The molecule has 1 aliphatic heterocycles. The maximum absolute atomic E-state index is 11.9. The zero-order chi connectivity index (χ0) is 16.9. The van der Waals surface area contributed by atoms with Crippen molar-refractivity contribution >= 4 is 17.5 Å². The van der Waals surface area contributed by atoms with E-state index >= 15 is 0 Å². The first-order valence-electron chi connectivity index (χ1n) is 7.82. The fourth-order valence-electron chi connectivity index (χ4n) is 2.74. The second-order valence-electron chi connectivity index (χ2n) is 5.75. The molecule has 0 bridgehead atoms. The van der Waals surface area contributed by atoms with Gasteiger partial charge >= 0.3 is 0 Å². The normalized spacial score (nSPS) is 16.2. The molecule has 128 valence electrons. The standard InChI is InChI=1S/C17H19ClN2O4/c1-22-14-4-2-3-12-7-11(10-23-17(12)14)9-19-16(21)6-5-13-8-15(18)20-24-13/h2-4,8,11H,5-7,9-10H2,1H3,(H,19,21). The molecule has 0 fully saturated rings. The van der Waals surface area contributed by atoms with Gasteiger partial charge in [-0.05, 0) is 18.1 Å². The van der Waals surface area contributed by atoms with Crippen LogP contribution in [0.2, 0.25) is 5.15 Å². The minimum absolute atomic E-state index is 0.0287. The van der Waals surface area contributed by atoms with E-state index in [1.165, 1.54) is 0 Å². The lowest BCUT2D eigenvalue weighted by molar-refractivity contribution is -0.121. The molecule has 2 aromatic rings. The fraction of sp³-hybridized carbons (Fsp3) is 0.412. The van der Waals surface area contributed by atoms with Crippen LogP contribution in [0.4, 0.5) is 0 Å². The first-order valence-corrected chi connectivity index (χ1v) is 8.20. The van der Waals surface area contributed by atoms with Crippen molar-refractivity contribution in [1.82, 2.24) is 10.5 Å². The number of rotatable bonds is 6. The Bertz CT molecular complexity index is 716. The molecular weight excluding hydrogens is 332 g/mol. The van der Waals surface area contributed by atoms with Crippen molar-refractivity contribution < 1.29 is 18.8 Å². The summed E-state index contributed by atoms with van der Waals surface area (Å²) in [6, 6.07) is 7.48. The number of methoxy groups -OCH3 is 1. The van der Waals surface area contributed by atoms with E-state index in [1.807, 2.05) is 18.2 Å². The van der Waals surface area contributed by atoms with Crippen molar-refractivity contribution in [1.29, 1.82) is 0 Å². The first kappa shape index (κ1) is 16.6. The van der Waals surface area contributed by atoms with Crippen LogP contribution in [0.3, 0.4) is 0 Å². The number of ether oxygens (including phenoxy) is 2. The molecule has 1 aliphatic rings. The number of benzene rings is 1. The lowest BCUT2D eigenvalue weighted by atomic mass is 9.96. The molecule has 0 saturated heterocycles. The van der Waals surface area contributed by atoms with Crippen LogP contribution in [-0.4, -0.2) is 31.3 Å². The van der Waals surface area contributed by atoms with Crippen molar-refractivity contribution in [3.63, 3.8) is 0 Å². The van der Waals surface area contributed by atoms with Gasteiger partial charge in [0.15, 0.2) is 16.7 Å². The number of fused-ring (bicyclic) bond motifs is 1. The predicted molar refractivity (Wildman–Crippen MR) is 88.5 cm³/mol. The highest BCUT2D eigenvalue weighted by atomic mass is 35.5. The highest BCUT2D eigenvalue weighted by Crippen LogP contribution is 2.35.